The Morgan fingerprint density at radius 1 is 1.14 bits per heavy atom. The highest BCUT2D eigenvalue weighted by Crippen LogP contribution is 2.27. The molecule has 0 saturated heterocycles. The van der Waals surface area contributed by atoms with Gasteiger partial charge in [0.15, 0.2) is 0 Å². The number of carbonyl (C=O) groups is 1. The molecule has 2 heterocycles. The van der Waals surface area contributed by atoms with Crippen molar-refractivity contribution < 1.29 is 4.79 Å². The quantitative estimate of drug-likeness (QED) is 0.466. The van der Waals surface area contributed by atoms with Crippen LogP contribution in [0.1, 0.15) is 29.1 Å². The van der Waals surface area contributed by atoms with E-state index in [1.54, 1.807) is 18.0 Å². The van der Waals surface area contributed by atoms with Crippen LogP contribution < -0.4 is 5.32 Å². The maximum absolute atomic E-state index is 12.4. The average Bonchev–Trinajstić information content (AvgIpc) is 3.41. The fourth-order valence-electron chi connectivity index (χ4n) is 3.14. The number of hydrogen-bond donors (Lipinski definition) is 2. The van der Waals surface area contributed by atoms with E-state index < -0.39 is 0 Å². The molecule has 2 N–H and O–H groups in total. The molecule has 0 bridgehead atoms. The second-order valence-corrected chi connectivity index (χ2v) is 8.17. The number of H-pyrrole nitrogens is 1. The first-order valence-corrected chi connectivity index (χ1v) is 10.6. The van der Waals surface area contributed by atoms with Gasteiger partial charge in [-0.25, -0.2) is 4.98 Å². The lowest BCUT2D eigenvalue weighted by Crippen LogP contribution is -2.25. The molecule has 0 radical (unpaired) electrons. The summed E-state index contributed by atoms with van der Waals surface area (Å²) in [6.07, 6.45) is 3.70. The number of para-hydroxylation sites is 2. The van der Waals surface area contributed by atoms with Crippen LogP contribution in [-0.4, -0.2) is 31.4 Å². The topological polar surface area (TPSA) is 75.6 Å². The molecule has 0 spiro atoms. The summed E-state index contributed by atoms with van der Waals surface area (Å²) in [5.41, 5.74) is 4.23. The first-order valence-electron chi connectivity index (χ1n) is 9.56. The SMILES string of the molecule is CC(SCC(=O)NCc1ccccc1Cn1cccn1)c1nc2ccccc2[nH]1. The molecule has 0 aliphatic heterocycles. The molecule has 29 heavy (non-hydrogen) atoms. The third kappa shape index (κ3) is 4.86. The summed E-state index contributed by atoms with van der Waals surface area (Å²) in [7, 11) is 0. The van der Waals surface area contributed by atoms with Crippen LogP contribution in [0.5, 0.6) is 0 Å². The predicted molar refractivity (Wildman–Crippen MR) is 117 cm³/mol. The number of imidazole rings is 1. The number of aromatic amines is 1. The Bertz CT molecular complexity index is 1060. The van der Waals surface area contributed by atoms with Gasteiger partial charge in [0, 0.05) is 18.9 Å². The number of aromatic nitrogens is 4. The molecular weight excluding hydrogens is 382 g/mol. The molecule has 4 aromatic rings. The van der Waals surface area contributed by atoms with Crippen molar-refractivity contribution in [3.63, 3.8) is 0 Å². The molecule has 148 valence electrons. The molecule has 0 aliphatic carbocycles. The van der Waals surface area contributed by atoms with Crippen molar-refractivity contribution in [2.45, 2.75) is 25.3 Å². The van der Waals surface area contributed by atoms with Crippen LogP contribution >= 0.6 is 11.8 Å². The van der Waals surface area contributed by atoms with Gasteiger partial charge in [-0.2, -0.15) is 5.10 Å². The van der Waals surface area contributed by atoms with Crippen molar-refractivity contribution in [2.75, 3.05) is 5.75 Å². The first kappa shape index (κ1) is 19.3. The average molecular weight is 406 g/mol. The van der Waals surface area contributed by atoms with Gasteiger partial charge < -0.3 is 10.3 Å². The molecule has 0 saturated carbocycles. The Morgan fingerprint density at radius 3 is 2.72 bits per heavy atom. The second kappa shape index (κ2) is 8.96. The van der Waals surface area contributed by atoms with Gasteiger partial charge in [-0.1, -0.05) is 36.4 Å². The largest absolute Gasteiger partial charge is 0.351 e. The Labute approximate surface area is 173 Å². The number of carbonyl (C=O) groups excluding carboxylic acids is 1. The van der Waals surface area contributed by atoms with Crippen molar-refractivity contribution in [3.05, 3.63) is 83.9 Å². The van der Waals surface area contributed by atoms with Gasteiger partial charge in [-0.05, 0) is 36.2 Å². The third-order valence-corrected chi connectivity index (χ3v) is 5.90. The number of amides is 1. The summed E-state index contributed by atoms with van der Waals surface area (Å²) >= 11 is 1.58. The minimum Gasteiger partial charge on any atom is -0.351 e. The molecule has 7 heteroatoms. The normalized spacial score (nSPS) is 12.2. The molecule has 1 atom stereocenters. The van der Waals surface area contributed by atoms with Crippen LogP contribution in [-0.2, 0) is 17.9 Å². The van der Waals surface area contributed by atoms with E-state index in [-0.39, 0.29) is 11.2 Å². The van der Waals surface area contributed by atoms with Crippen molar-refractivity contribution >= 4 is 28.7 Å². The highest BCUT2D eigenvalue weighted by Gasteiger charge is 2.13. The number of nitrogens with one attached hydrogen (secondary N) is 2. The molecule has 0 fully saturated rings. The second-order valence-electron chi connectivity index (χ2n) is 6.84. The fraction of sp³-hybridized carbons (Fsp3) is 0.227. The molecule has 1 unspecified atom stereocenters. The van der Waals surface area contributed by atoms with Crippen LogP contribution in [0.2, 0.25) is 0 Å². The van der Waals surface area contributed by atoms with E-state index in [1.807, 2.05) is 59.4 Å². The molecular formula is C22H23N5OS. The van der Waals surface area contributed by atoms with Crippen LogP contribution in [0.25, 0.3) is 11.0 Å². The van der Waals surface area contributed by atoms with Crippen LogP contribution in [0.3, 0.4) is 0 Å². The zero-order valence-electron chi connectivity index (χ0n) is 16.2. The number of thioether (sulfide) groups is 1. The molecule has 1 amide bonds. The van der Waals surface area contributed by atoms with E-state index in [4.69, 9.17) is 0 Å². The van der Waals surface area contributed by atoms with E-state index in [0.29, 0.717) is 18.8 Å². The minimum absolute atomic E-state index is 0.0202. The Balaban J connectivity index is 1.30. The van der Waals surface area contributed by atoms with Crippen molar-refractivity contribution in [1.29, 1.82) is 0 Å². The lowest BCUT2D eigenvalue weighted by molar-refractivity contribution is -0.118. The van der Waals surface area contributed by atoms with Gasteiger partial charge in [0.25, 0.3) is 0 Å². The van der Waals surface area contributed by atoms with Crippen molar-refractivity contribution in [1.82, 2.24) is 25.1 Å². The van der Waals surface area contributed by atoms with Gasteiger partial charge in [-0.15, -0.1) is 11.8 Å². The molecule has 6 nitrogen and oxygen atoms in total. The number of rotatable bonds is 8. The van der Waals surface area contributed by atoms with E-state index in [0.717, 1.165) is 28.0 Å². The summed E-state index contributed by atoms with van der Waals surface area (Å²) in [6, 6.07) is 18.0. The monoisotopic (exact) mass is 405 g/mol. The molecule has 2 aromatic heterocycles. The summed E-state index contributed by atoms with van der Waals surface area (Å²) in [5.74, 6) is 1.31. The van der Waals surface area contributed by atoms with Gasteiger partial charge in [0.1, 0.15) is 5.82 Å². The summed E-state index contributed by atoms with van der Waals surface area (Å²) in [6.45, 7) is 3.27. The van der Waals surface area contributed by atoms with Crippen LogP contribution in [0.15, 0.2) is 67.0 Å². The Kier molecular flexibility index (Phi) is 5.95. The first-order chi connectivity index (χ1) is 14.2. The lowest BCUT2D eigenvalue weighted by atomic mass is 10.1. The number of fused-ring (bicyclic) bond motifs is 1. The highest BCUT2D eigenvalue weighted by molar-refractivity contribution is 8.00. The zero-order chi connectivity index (χ0) is 20.1. The number of hydrogen-bond acceptors (Lipinski definition) is 4. The number of benzene rings is 2. The Morgan fingerprint density at radius 2 is 1.93 bits per heavy atom. The zero-order valence-corrected chi connectivity index (χ0v) is 17.0. The van der Waals surface area contributed by atoms with E-state index in [2.05, 4.69) is 33.4 Å². The van der Waals surface area contributed by atoms with Gasteiger partial charge in [0.2, 0.25) is 5.91 Å². The van der Waals surface area contributed by atoms with Gasteiger partial charge >= 0.3 is 0 Å². The summed E-state index contributed by atoms with van der Waals surface area (Å²) in [4.78, 5) is 20.3. The van der Waals surface area contributed by atoms with Gasteiger partial charge in [0.05, 0.1) is 28.6 Å². The van der Waals surface area contributed by atoms with E-state index in [9.17, 15) is 4.79 Å². The minimum atomic E-state index is 0.0202. The predicted octanol–water partition coefficient (Wildman–Crippen LogP) is 3.92. The highest BCUT2D eigenvalue weighted by atomic mass is 32.2. The van der Waals surface area contributed by atoms with Crippen molar-refractivity contribution in [3.8, 4) is 0 Å². The summed E-state index contributed by atoms with van der Waals surface area (Å²) < 4.78 is 1.88. The van der Waals surface area contributed by atoms with Gasteiger partial charge in [-0.3, -0.25) is 9.48 Å². The summed E-state index contributed by atoms with van der Waals surface area (Å²) in [5, 5.41) is 7.40. The molecule has 0 aliphatic rings. The van der Waals surface area contributed by atoms with E-state index in [1.165, 1.54) is 0 Å². The van der Waals surface area contributed by atoms with E-state index >= 15 is 0 Å². The standard InChI is InChI=1S/C22H23N5OS/c1-16(22-25-19-9-4-5-10-20(19)26-22)29-15-21(28)23-13-17-7-2-3-8-18(17)14-27-12-6-11-24-27/h2-12,16H,13-15H2,1H3,(H,23,28)(H,25,26). The molecule has 2 aromatic carbocycles. The third-order valence-electron chi connectivity index (χ3n) is 4.74. The Hall–Kier alpha value is -3.06. The fourth-order valence-corrected chi connectivity index (χ4v) is 3.92. The molecule has 4 rings (SSSR count). The van der Waals surface area contributed by atoms with Crippen molar-refractivity contribution in [2.24, 2.45) is 0 Å². The number of nitrogens with zero attached hydrogens (tertiary/aromatic N) is 3. The smallest absolute Gasteiger partial charge is 0.230 e. The maximum Gasteiger partial charge on any atom is 0.230 e. The maximum atomic E-state index is 12.4. The lowest BCUT2D eigenvalue weighted by Gasteiger charge is -2.12. The van der Waals surface area contributed by atoms with Crippen LogP contribution in [0.4, 0.5) is 0 Å². The van der Waals surface area contributed by atoms with Crippen LogP contribution in [0, 0.1) is 0 Å².